The Balaban J connectivity index is 1.92. The Labute approximate surface area is 237 Å². The van der Waals surface area contributed by atoms with Crippen LogP contribution in [0.25, 0.3) is 16.6 Å². The Bertz CT molecular complexity index is 1610. The number of para-hydroxylation sites is 1. The fourth-order valence-corrected chi connectivity index (χ4v) is 4.61. The van der Waals surface area contributed by atoms with Crippen molar-refractivity contribution in [1.82, 2.24) is 14.5 Å². The topological polar surface area (TPSA) is 64.4 Å². The monoisotopic (exact) mass is 591 g/mol. The molecule has 1 heterocycles. The molecule has 0 aliphatic heterocycles. The normalized spacial score (nSPS) is 12.9. The lowest BCUT2D eigenvalue weighted by atomic mass is 10.0. The van der Waals surface area contributed by atoms with Crippen molar-refractivity contribution in [1.29, 1.82) is 0 Å². The number of alkyl halides is 6. The fraction of sp³-hybridized carbons (Fsp3) is 0.300. The van der Waals surface area contributed by atoms with E-state index in [1.165, 1.54) is 18.6 Å². The van der Waals surface area contributed by atoms with Crippen LogP contribution in [0.5, 0.6) is 0 Å². The number of hydrogen-bond donors (Lipinski definition) is 0. The van der Waals surface area contributed by atoms with Gasteiger partial charge in [-0.15, -0.1) is 0 Å². The van der Waals surface area contributed by atoms with Crippen LogP contribution in [-0.2, 0) is 17.1 Å². The second-order valence-electron chi connectivity index (χ2n) is 9.78. The number of amides is 1. The number of benzene rings is 3. The highest BCUT2D eigenvalue weighted by atomic mass is 19.4. The highest BCUT2D eigenvalue weighted by Crippen LogP contribution is 2.37. The molecule has 3 aromatic carbocycles. The van der Waals surface area contributed by atoms with Gasteiger partial charge in [0.25, 0.3) is 11.5 Å². The smallest absolute Gasteiger partial charge is 0.385 e. The number of ether oxygens (including phenoxy) is 1. The summed E-state index contributed by atoms with van der Waals surface area (Å²) in [4.78, 5) is 33.3. The van der Waals surface area contributed by atoms with Gasteiger partial charge in [0, 0.05) is 25.8 Å². The molecule has 0 saturated heterocycles. The number of carbonyl (C=O) groups is 1. The number of aromatic nitrogens is 2. The third-order valence-electron chi connectivity index (χ3n) is 6.78. The van der Waals surface area contributed by atoms with Crippen molar-refractivity contribution in [2.45, 2.75) is 38.7 Å². The van der Waals surface area contributed by atoms with Gasteiger partial charge >= 0.3 is 12.4 Å². The van der Waals surface area contributed by atoms with Crippen LogP contribution in [0.2, 0.25) is 0 Å². The maximum Gasteiger partial charge on any atom is 0.416 e. The summed E-state index contributed by atoms with van der Waals surface area (Å²) in [6, 6.07) is 13.1. The molecule has 42 heavy (non-hydrogen) atoms. The number of rotatable bonds is 8. The quantitative estimate of drug-likeness (QED) is 0.164. The first-order valence-corrected chi connectivity index (χ1v) is 12.9. The Morgan fingerprint density at radius 1 is 0.952 bits per heavy atom. The summed E-state index contributed by atoms with van der Waals surface area (Å²) in [5.41, 5.74) is -2.81. The van der Waals surface area contributed by atoms with Gasteiger partial charge in [-0.25, -0.2) is 4.98 Å². The summed E-state index contributed by atoms with van der Waals surface area (Å²) >= 11 is 0. The Hall–Kier alpha value is -4.19. The largest absolute Gasteiger partial charge is 0.416 e. The number of hydrogen-bond acceptors (Lipinski definition) is 4. The van der Waals surface area contributed by atoms with Crippen LogP contribution >= 0.6 is 0 Å². The van der Waals surface area contributed by atoms with Crippen molar-refractivity contribution in [2.75, 3.05) is 20.3 Å². The highest BCUT2D eigenvalue weighted by Gasteiger charge is 2.38. The predicted molar refractivity (Wildman–Crippen MR) is 144 cm³/mol. The Morgan fingerprint density at radius 3 is 2.12 bits per heavy atom. The molecule has 1 atom stereocenters. The Morgan fingerprint density at radius 2 is 1.55 bits per heavy atom. The maximum absolute atomic E-state index is 13.8. The first-order chi connectivity index (χ1) is 19.7. The molecule has 0 aliphatic rings. The van der Waals surface area contributed by atoms with Gasteiger partial charge in [-0.1, -0.05) is 29.8 Å². The predicted octanol–water partition coefficient (Wildman–Crippen LogP) is 6.97. The van der Waals surface area contributed by atoms with E-state index < -0.39 is 46.6 Å². The van der Waals surface area contributed by atoms with Gasteiger partial charge in [-0.2, -0.15) is 26.3 Å². The average Bonchev–Trinajstić information content (AvgIpc) is 2.94. The lowest BCUT2D eigenvalue weighted by Gasteiger charge is -2.31. The number of halogens is 6. The molecule has 4 aromatic rings. The average molecular weight is 592 g/mol. The van der Waals surface area contributed by atoms with Crippen LogP contribution in [0.4, 0.5) is 26.3 Å². The number of methoxy groups -OCH3 is 1. The molecule has 1 amide bonds. The van der Waals surface area contributed by atoms with Crippen LogP contribution in [0.15, 0.2) is 71.5 Å². The molecule has 0 spiro atoms. The molecule has 12 heteroatoms. The minimum absolute atomic E-state index is 0.0323. The summed E-state index contributed by atoms with van der Waals surface area (Å²) in [7, 11) is 1.41. The van der Waals surface area contributed by atoms with Gasteiger partial charge < -0.3 is 9.64 Å². The van der Waals surface area contributed by atoms with E-state index in [4.69, 9.17) is 4.74 Å². The van der Waals surface area contributed by atoms with Gasteiger partial charge in [0.15, 0.2) is 0 Å². The SMILES string of the molecule is COCCCN(C(=O)c1cc(C(F)(F)F)cc(C(F)(F)F)c1)C(C)c1nc2ccccc2c(=O)n1-c1ccc(C)cc1. The molecule has 0 bridgehead atoms. The zero-order chi connectivity index (χ0) is 30.8. The van der Waals surface area contributed by atoms with Crippen molar-refractivity contribution >= 4 is 16.8 Å². The van der Waals surface area contributed by atoms with Gasteiger partial charge in [0.05, 0.1) is 33.8 Å². The summed E-state index contributed by atoms with van der Waals surface area (Å²) in [6.07, 6.45) is -10.1. The minimum atomic E-state index is -5.13. The van der Waals surface area contributed by atoms with Crippen LogP contribution < -0.4 is 5.56 Å². The molecule has 0 fully saturated rings. The van der Waals surface area contributed by atoms with E-state index in [0.717, 1.165) is 10.5 Å². The van der Waals surface area contributed by atoms with E-state index in [9.17, 15) is 35.9 Å². The molecule has 222 valence electrons. The number of carbonyl (C=O) groups excluding carboxylic acids is 1. The summed E-state index contributed by atoms with van der Waals surface area (Å²) in [5, 5.41) is 0.291. The van der Waals surface area contributed by atoms with Crippen molar-refractivity contribution in [3.05, 3.63) is 105 Å². The molecule has 0 saturated carbocycles. The first-order valence-electron chi connectivity index (χ1n) is 12.9. The van der Waals surface area contributed by atoms with E-state index in [2.05, 4.69) is 4.98 Å². The minimum Gasteiger partial charge on any atom is -0.385 e. The van der Waals surface area contributed by atoms with Crippen molar-refractivity contribution in [2.24, 2.45) is 0 Å². The third kappa shape index (κ3) is 6.48. The molecular weight excluding hydrogens is 564 g/mol. The van der Waals surface area contributed by atoms with Crippen LogP contribution in [0, 0.1) is 6.92 Å². The molecule has 1 aromatic heterocycles. The van der Waals surface area contributed by atoms with E-state index in [1.807, 2.05) is 6.92 Å². The number of nitrogens with zero attached hydrogens (tertiary/aromatic N) is 3. The number of aryl methyl sites for hydroxylation is 1. The van der Waals surface area contributed by atoms with Gasteiger partial charge in [0.2, 0.25) is 0 Å². The van der Waals surface area contributed by atoms with E-state index >= 15 is 0 Å². The lowest BCUT2D eigenvalue weighted by molar-refractivity contribution is -0.143. The van der Waals surface area contributed by atoms with E-state index in [1.54, 1.807) is 48.5 Å². The first kappa shape index (κ1) is 30.8. The van der Waals surface area contributed by atoms with Crippen molar-refractivity contribution < 1.29 is 35.9 Å². The Kier molecular flexibility index (Phi) is 8.76. The summed E-state index contributed by atoms with van der Waals surface area (Å²) in [5.74, 6) is -1.01. The van der Waals surface area contributed by atoms with E-state index in [-0.39, 0.29) is 31.5 Å². The zero-order valence-electron chi connectivity index (χ0n) is 22.9. The van der Waals surface area contributed by atoms with E-state index in [0.29, 0.717) is 28.7 Å². The lowest BCUT2D eigenvalue weighted by Crippen LogP contribution is -2.38. The maximum atomic E-state index is 13.8. The molecule has 1 unspecified atom stereocenters. The van der Waals surface area contributed by atoms with Gasteiger partial charge in [0.1, 0.15) is 5.82 Å². The van der Waals surface area contributed by atoms with Crippen molar-refractivity contribution in [3.63, 3.8) is 0 Å². The van der Waals surface area contributed by atoms with Gasteiger partial charge in [-0.3, -0.25) is 14.2 Å². The molecule has 4 rings (SSSR count). The van der Waals surface area contributed by atoms with Crippen molar-refractivity contribution in [3.8, 4) is 5.69 Å². The second-order valence-corrected chi connectivity index (χ2v) is 9.78. The molecule has 0 radical (unpaired) electrons. The second kappa shape index (κ2) is 12.0. The standard InChI is InChI=1S/C30H27F6N3O3/c1-18-9-11-23(12-10-18)39-26(37-25-8-5-4-7-24(25)28(39)41)19(2)38(13-6-14-42-3)27(40)20-15-21(29(31,32)33)17-22(16-20)30(34,35)36/h4-5,7-12,15-17,19H,6,13-14H2,1-3H3. The third-order valence-corrected chi connectivity index (χ3v) is 6.78. The molecule has 6 nitrogen and oxygen atoms in total. The summed E-state index contributed by atoms with van der Waals surface area (Å²) < 4.78 is 87.8. The van der Waals surface area contributed by atoms with Crippen LogP contribution in [0.3, 0.4) is 0 Å². The van der Waals surface area contributed by atoms with Crippen LogP contribution in [-0.4, -0.2) is 40.6 Å². The highest BCUT2D eigenvalue weighted by molar-refractivity contribution is 5.95. The number of fused-ring (bicyclic) bond motifs is 1. The molecule has 0 N–H and O–H groups in total. The van der Waals surface area contributed by atoms with Crippen LogP contribution in [0.1, 0.15) is 52.3 Å². The molecular formula is C30H27F6N3O3. The van der Waals surface area contributed by atoms with Gasteiger partial charge in [-0.05, 0) is 62.7 Å². The zero-order valence-corrected chi connectivity index (χ0v) is 22.9. The molecule has 0 aliphatic carbocycles. The summed E-state index contributed by atoms with van der Waals surface area (Å²) in [6.45, 7) is 3.42. The fourth-order valence-electron chi connectivity index (χ4n) is 4.61.